The van der Waals surface area contributed by atoms with E-state index in [0.29, 0.717) is 5.92 Å². The third kappa shape index (κ3) is 4.28. The van der Waals surface area contributed by atoms with Gasteiger partial charge in [0, 0.05) is 11.4 Å². The summed E-state index contributed by atoms with van der Waals surface area (Å²) in [6.07, 6.45) is 2.42. The second-order valence-electron chi connectivity index (χ2n) is 3.88. The SMILES string of the molecule is CCCC(CN)CNCc1scnc1C. The summed E-state index contributed by atoms with van der Waals surface area (Å²) in [4.78, 5) is 5.56. The van der Waals surface area contributed by atoms with Crippen molar-refractivity contribution in [3.63, 3.8) is 0 Å². The molecule has 1 atom stereocenters. The summed E-state index contributed by atoms with van der Waals surface area (Å²) in [6.45, 7) is 6.98. The van der Waals surface area contributed by atoms with Crippen LogP contribution >= 0.6 is 11.3 Å². The molecular formula is C11H21N3S. The Kier molecular flexibility index (Phi) is 5.83. The first-order chi connectivity index (χ1) is 7.27. The Morgan fingerprint density at radius 2 is 2.40 bits per heavy atom. The van der Waals surface area contributed by atoms with E-state index in [9.17, 15) is 0 Å². The highest BCUT2D eigenvalue weighted by atomic mass is 32.1. The van der Waals surface area contributed by atoms with Crippen LogP contribution in [0.5, 0.6) is 0 Å². The molecule has 0 radical (unpaired) electrons. The van der Waals surface area contributed by atoms with Gasteiger partial charge in [-0.25, -0.2) is 4.98 Å². The molecule has 1 unspecified atom stereocenters. The molecule has 4 heteroatoms. The van der Waals surface area contributed by atoms with Crippen molar-refractivity contribution in [1.82, 2.24) is 10.3 Å². The maximum absolute atomic E-state index is 5.70. The van der Waals surface area contributed by atoms with Crippen LogP contribution < -0.4 is 11.1 Å². The van der Waals surface area contributed by atoms with Crippen molar-refractivity contribution in [2.45, 2.75) is 33.2 Å². The fourth-order valence-corrected chi connectivity index (χ4v) is 2.34. The first-order valence-corrected chi connectivity index (χ1v) is 6.45. The third-order valence-electron chi connectivity index (χ3n) is 2.59. The van der Waals surface area contributed by atoms with Crippen molar-refractivity contribution < 1.29 is 0 Å². The number of nitrogens with zero attached hydrogens (tertiary/aromatic N) is 1. The molecule has 0 bridgehead atoms. The van der Waals surface area contributed by atoms with E-state index in [1.54, 1.807) is 11.3 Å². The lowest BCUT2D eigenvalue weighted by Crippen LogP contribution is -2.27. The molecule has 0 amide bonds. The number of hydrogen-bond donors (Lipinski definition) is 2. The predicted molar refractivity (Wildman–Crippen MR) is 66.0 cm³/mol. The van der Waals surface area contributed by atoms with Gasteiger partial charge >= 0.3 is 0 Å². The Labute approximate surface area is 96.1 Å². The molecule has 1 aromatic rings. The van der Waals surface area contributed by atoms with Crippen molar-refractivity contribution in [2.75, 3.05) is 13.1 Å². The normalized spacial score (nSPS) is 13.0. The number of aryl methyl sites for hydroxylation is 1. The van der Waals surface area contributed by atoms with E-state index in [0.717, 1.165) is 25.3 Å². The van der Waals surface area contributed by atoms with Crippen LogP contribution in [0.3, 0.4) is 0 Å². The Balaban J connectivity index is 2.23. The fourth-order valence-electron chi connectivity index (χ4n) is 1.60. The van der Waals surface area contributed by atoms with E-state index in [1.165, 1.54) is 17.7 Å². The van der Waals surface area contributed by atoms with Gasteiger partial charge in [0.15, 0.2) is 0 Å². The number of nitrogens with two attached hydrogens (primary N) is 1. The Hall–Kier alpha value is -0.450. The van der Waals surface area contributed by atoms with Gasteiger partial charge < -0.3 is 11.1 Å². The van der Waals surface area contributed by atoms with E-state index >= 15 is 0 Å². The number of thiazole rings is 1. The largest absolute Gasteiger partial charge is 0.330 e. The van der Waals surface area contributed by atoms with Crippen molar-refractivity contribution in [3.8, 4) is 0 Å². The van der Waals surface area contributed by atoms with Gasteiger partial charge in [0.2, 0.25) is 0 Å². The molecule has 86 valence electrons. The zero-order chi connectivity index (χ0) is 11.1. The average Bonchev–Trinajstić information content (AvgIpc) is 2.63. The maximum Gasteiger partial charge on any atom is 0.0798 e. The molecule has 0 aliphatic heterocycles. The summed E-state index contributed by atoms with van der Waals surface area (Å²) >= 11 is 1.72. The molecule has 0 aliphatic rings. The van der Waals surface area contributed by atoms with Crippen LogP contribution in [0.4, 0.5) is 0 Å². The highest BCUT2D eigenvalue weighted by Gasteiger charge is 2.06. The van der Waals surface area contributed by atoms with Crippen LogP contribution in [-0.2, 0) is 6.54 Å². The minimum Gasteiger partial charge on any atom is -0.330 e. The third-order valence-corrected chi connectivity index (χ3v) is 3.53. The van der Waals surface area contributed by atoms with Crippen molar-refractivity contribution in [1.29, 1.82) is 0 Å². The lowest BCUT2D eigenvalue weighted by atomic mass is 10.0. The monoisotopic (exact) mass is 227 g/mol. The topological polar surface area (TPSA) is 50.9 Å². The average molecular weight is 227 g/mol. The second-order valence-corrected chi connectivity index (χ2v) is 4.82. The van der Waals surface area contributed by atoms with E-state index in [2.05, 4.69) is 24.1 Å². The molecule has 0 spiro atoms. The van der Waals surface area contributed by atoms with Crippen LogP contribution in [-0.4, -0.2) is 18.1 Å². The molecule has 1 aromatic heterocycles. The minimum atomic E-state index is 0.614. The zero-order valence-electron chi connectivity index (χ0n) is 9.62. The van der Waals surface area contributed by atoms with Gasteiger partial charge in [0.05, 0.1) is 11.2 Å². The summed E-state index contributed by atoms with van der Waals surface area (Å²) in [5.74, 6) is 0.614. The molecule has 15 heavy (non-hydrogen) atoms. The van der Waals surface area contributed by atoms with Gasteiger partial charge in [-0.2, -0.15) is 0 Å². The van der Waals surface area contributed by atoms with E-state index in [-0.39, 0.29) is 0 Å². The Bertz CT molecular complexity index is 273. The lowest BCUT2D eigenvalue weighted by molar-refractivity contribution is 0.450. The standard InChI is InChI=1S/C11H21N3S/c1-3-4-10(5-12)6-13-7-11-9(2)14-8-15-11/h8,10,13H,3-7,12H2,1-2H3. The number of nitrogens with one attached hydrogen (secondary N) is 1. The predicted octanol–water partition coefficient (Wildman–Crippen LogP) is 1.92. The van der Waals surface area contributed by atoms with E-state index < -0.39 is 0 Å². The van der Waals surface area contributed by atoms with Crippen LogP contribution in [0.2, 0.25) is 0 Å². The molecular weight excluding hydrogens is 206 g/mol. The van der Waals surface area contributed by atoms with Gasteiger partial charge in [0.1, 0.15) is 0 Å². The van der Waals surface area contributed by atoms with Crippen LogP contribution in [0.25, 0.3) is 0 Å². The summed E-state index contributed by atoms with van der Waals surface area (Å²) in [5.41, 5.74) is 8.75. The quantitative estimate of drug-likeness (QED) is 0.748. The highest BCUT2D eigenvalue weighted by Crippen LogP contribution is 2.11. The molecule has 3 nitrogen and oxygen atoms in total. The van der Waals surface area contributed by atoms with Crippen LogP contribution in [0, 0.1) is 12.8 Å². The van der Waals surface area contributed by atoms with Gasteiger partial charge in [0.25, 0.3) is 0 Å². The number of hydrogen-bond acceptors (Lipinski definition) is 4. The van der Waals surface area contributed by atoms with Gasteiger partial charge in [-0.15, -0.1) is 11.3 Å². The molecule has 0 aromatic carbocycles. The molecule has 3 N–H and O–H groups in total. The molecule has 0 saturated heterocycles. The molecule has 1 heterocycles. The summed E-state index contributed by atoms with van der Waals surface area (Å²) in [6, 6.07) is 0. The summed E-state index contributed by atoms with van der Waals surface area (Å²) < 4.78 is 0. The molecule has 0 saturated carbocycles. The maximum atomic E-state index is 5.70. The van der Waals surface area contributed by atoms with Gasteiger partial charge in [-0.3, -0.25) is 0 Å². The van der Waals surface area contributed by atoms with Crippen LogP contribution in [0.15, 0.2) is 5.51 Å². The van der Waals surface area contributed by atoms with E-state index in [1.807, 2.05) is 5.51 Å². The molecule has 1 rings (SSSR count). The van der Waals surface area contributed by atoms with E-state index in [4.69, 9.17) is 5.73 Å². The smallest absolute Gasteiger partial charge is 0.0798 e. The molecule has 0 aliphatic carbocycles. The molecule has 0 fully saturated rings. The fraction of sp³-hybridized carbons (Fsp3) is 0.727. The summed E-state index contributed by atoms with van der Waals surface area (Å²) in [7, 11) is 0. The summed E-state index contributed by atoms with van der Waals surface area (Å²) in [5, 5.41) is 3.45. The first-order valence-electron chi connectivity index (χ1n) is 5.57. The Morgan fingerprint density at radius 1 is 1.60 bits per heavy atom. The number of aromatic nitrogens is 1. The van der Waals surface area contributed by atoms with Crippen molar-refractivity contribution >= 4 is 11.3 Å². The Morgan fingerprint density at radius 3 is 2.93 bits per heavy atom. The van der Waals surface area contributed by atoms with Crippen molar-refractivity contribution in [2.24, 2.45) is 11.7 Å². The lowest BCUT2D eigenvalue weighted by Gasteiger charge is -2.14. The highest BCUT2D eigenvalue weighted by molar-refractivity contribution is 7.09. The van der Waals surface area contributed by atoms with Crippen LogP contribution in [0.1, 0.15) is 30.3 Å². The van der Waals surface area contributed by atoms with Crippen molar-refractivity contribution in [3.05, 3.63) is 16.1 Å². The first kappa shape index (κ1) is 12.6. The second kappa shape index (κ2) is 6.93. The minimum absolute atomic E-state index is 0.614. The zero-order valence-corrected chi connectivity index (χ0v) is 10.4. The van der Waals surface area contributed by atoms with Gasteiger partial charge in [-0.1, -0.05) is 13.3 Å². The van der Waals surface area contributed by atoms with Gasteiger partial charge in [-0.05, 0) is 32.4 Å². The number of rotatable bonds is 7.